The monoisotopic (exact) mass is 532 g/mol. The zero-order valence-electron chi connectivity index (χ0n) is 17.7. The summed E-state index contributed by atoms with van der Waals surface area (Å²) in [5.41, 5.74) is 1.40. The van der Waals surface area contributed by atoms with Crippen LogP contribution in [0.25, 0.3) is 0 Å². The highest BCUT2D eigenvalue weighted by Crippen LogP contribution is 2.25. The molecule has 0 unspecified atom stereocenters. The molecule has 3 rings (SSSR count). The second-order valence-electron chi connectivity index (χ2n) is 7.17. The number of carbonyl (C=O) groups excluding carboxylic acids is 1. The molecular formula is C24H25BrN2O3S2. The first-order chi connectivity index (χ1) is 15.4. The first-order valence-corrected chi connectivity index (χ1v) is 13.4. The molecule has 3 aromatic carbocycles. The molecule has 0 saturated carbocycles. The summed E-state index contributed by atoms with van der Waals surface area (Å²) in [6.45, 7) is 2.09. The molecule has 0 heterocycles. The second kappa shape index (κ2) is 11.5. The first-order valence-electron chi connectivity index (χ1n) is 10.2. The average molecular weight is 534 g/mol. The van der Waals surface area contributed by atoms with Gasteiger partial charge >= 0.3 is 0 Å². The highest BCUT2D eigenvalue weighted by atomic mass is 79.9. The van der Waals surface area contributed by atoms with E-state index in [4.69, 9.17) is 0 Å². The zero-order valence-corrected chi connectivity index (χ0v) is 20.9. The number of nitrogens with one attached hydrogen (secondary N) is 1. The lowest BCUT2D eigenvalue weighted by atomic mass is 10.2. The van der Waals surface area contributed by atoms with Crippen LogP contribution in [0, 0.1) is 6.92 Å². The van der Waals surface area contributed by atoms with Crippen LogP contribution in [0.15, 0.2) is 93.1 Å². The van der Waals surface area contributed by atoms with Gasteiger partial charge in [-0.15, -0.1) is 11.8 Å². The van der Waals surface area contributed by atoms with Gasteiger partial charge in [0.1, 0.15) is 6.54 Å². The highest BCUT2D eigenvalue weighted by Gasteiger charge is 2.27. The van der Waals surface area contributed by atoms with Gasteiger partial charge in [-0.2, -0.15) is 0 Å². The average Bonchev–Trinajstić information content (AvgIpc) is 2.79. The molecule has 0 fully saturated rings. The fraction of sp³-hybridized carbons (Fsp3) is 0.208. The topological polar surface area (TPSA) is 66.5 Å². The number of carbonyl (C=O) groups is 1. The summed E-state index contributed by atoms with van der Waals surface area (Å²) >= 11 is 5.09. The molecule has 1 N–H and O–H groups in total. The number of hydrogen-bond acceptors (Lipinski definition) is 4. The molecule has 32 heavy (non-hydrogen) atoms. The third-order valence-corrected chi connectivity index (χ3v) is 8.08. The minimum Gasteiger partial charge on any atom is -0.354 e. The van der Waals surface area contributed by atoms with Crippen LogP contribution in [0.2, 0.25) is 0 Å². The van der Waals surface area contributed by atoms with E-state index < -0.39 is 10.0 Å². The van der Waals surface area contributed by atoms with Crippen LogP contribution in [0.4, 0.5) is 5.69 Å². The van der Waals surface area contributed by atoms with E-state index in [0.29, 0.717) is 12.2 Å². The Balaban J connectivity index is 1.65. The normalized spacial score (nSPS) is 11.2. The number of aryl methyl sites for hydroxylation is 1. The van der Waals surface area contributed by atoms with E-state index >= 15 is 0 Å². The van der Waals surface area contributed by atoms with Gasteiger partial charge in [-0.05, 0) is 67.6 Å². The standard InChI is InChI=1S/C24H25BrN2O3S2/c1-19-8-14-23(15-9-19)32(29,30)27(21-12-10-20(25)11-13-21)18-24(28)26-16-5-17-31-22-6-3-2-4-7-22/h2-4,6-15H,5,16-18H2,1H3,(H,26,28). The van der Waals surface area contributed by atoms with Gasteiger partial charge in [0.15, 0.2) is 0 Å². The number of halogens is 1. The van der Waals surface area contributed by atoms with Gasteiger partial charge in [0, 0.05) is 15.9 Å². The Labute approximate surface area is 202 Å². The number of thioether (sulfide) groups is 1. The van der Waals surface area contributed by atoms with Gasteiger partial charge in [-0.1, -0.05) is 51.8 Å². The van der Waals surface area contributed by atoms with Crippen molar-refractivity contribution in [3.63, 3.8) is 0 Å². The third kappa shape index (κ3) is 6.85. The summed E-state index contributed by atoms with van der Waals surface area (Å²) in [4.78, 5) is 14.0. The zero-order chi connectivity index (χ0) is 23.0. The number of benzene rings is 3. The Kier molecular flexibility index (Phi) is 8.78. The van der Waals surface area contributed by atoms with Crippen molar-refractivity contribution in [2.24, 2.45) is 0 Å². The van der Waals surface area contributed by atoms with Crippen molar-refractivity contribution in [3.8, 4) is 0 Å². The quantitative estimate of drug-likeness (QED) is 0.286. The molecule has 0 spiro atoms. The van der Waals surface area contributed by atoms with Crippen LogP contribution in [0.1, 0.15) is 12.0 Å². The number of sulfonamides is 1. The van der Waals surface area contributed by atoms with Crippen molar-refractivity contribution in [1.29, 1.82) is 0 Å². The summed E-state index contributed by atoms with van der Waals surface area (Å²) in [6.07, 6.45) is 0.786. The molecule has 168 valence electrons. The van der Waals surface area contributed by atoms with E-state index in [1.165, 1.54) is 4.90 Å². The van der Waals surface area contributed by atoms with Crippen LogP contribution in [0.5, 0.6) is 0 Å². The molecule has 0 aliphatic rings. The van der Waals surface area contributed by atoms with Gasteiger partial charge in [0.05, 0.1) is 10.6 Å². The molecule has 1 amide bonds. The molecular weight excluding hydrogens is 508 g/mol. The van der Waals surface area contributed by atoms with E-state index in [1.807, 2.05) is 25.1 Å². The fourth-order valence-electron chi connectivity index (χ4n) is 2.95. The Morgan fingerprint density at radius 1 is 0.969 bits per heavy atom. The SMILES string of the molecule is Cc1ccc(S(=O)(=O)N(CC(=O)NCCCSc2ccccc2)c2ccc(Br)cc2)cc1. The lowest BCUT2D eigenvalue weighted by Gasteiger charge is -2.24. The smallest absolute Gasteiger partial charge is 0.264 e. The number of amides is 1. The van der Waals surface area contributed by atoms with Crippen molar-refractivity contribution in [2.45, 2.75) is 23.1 Å². The fourth-order valence-corrected chi connectivity index (χ4v) is 5.51. The molecule has 5 nitrogen and oxygen atoms in total. The predicted molar refractivity (Wildman–Crippen MR) is 135 cm³/mol. The van der Waals surface area contributed by atoms with E-state index in [0.717, 1.165) is 26.5 Å². The van der Waals surface area contributed by atoms with Crippen molar-refractivity contribution in [3.05, 3.63) is 88.9 Å². The maximum absolute atomic E-state index is 13.3. The number of anilines is 1. The highest BCUT2D eigenvalue weighted by molar-refractivity contribution is 9.10. The second-order valence-corrected chi connectivity index (χ2v) is 11.1. The number of nitrogens with zero attached hydrogens (tertiary/aromatic N) is 1. The van der Waals surface area contributed by atoms with Gasteiger partial charge in [0.25, 0.3) is 10.0 Å². The van der Waals surface area contributed by atoms with Crippen LogP contribution >= 0.6 is 27.7 Å². The minimum absolute atomic E-state index is 0.151. The molecule has 0 aliphatic carbocycles. The predicted octanol–water partition coefficient (Wildman–Crippen LogP) is 5.25. The van der Waals surface area contributed by atoms with Gasteiger partial charge in [-0.3, -0.25) is 9.10 Å². The first kappa shape index (κ1) is 24.4. The van der Waals surface area contributed by atoms with E-state index in [1.54, 1.807) is 60.3 Å². The van der Waals surface area contributed by atoms with Crippen LogP contribution < -0.4 is 9.62 Å². The molecule has 8 heteroatoms. The van der Waals surface area contributed by atoms with Crippen molar-refractivity contribution in [1.82, 2.24) is 5.32 Å². The summed E-state index contributed by atoms with van der Waals surface area (Å²) in [6, 6.07) is 23.6. The van der Waals surface area contributed by atoms with Crippen molar-refractivity contribution >= 4 is 49.3 Å². The summed E-state index contributed by atoms with van der Waals surface area (Å²) in [7, 11) is -3.90. The molecule has 0 atom stereocenters. The molecule has 0 radical (unpaired) electrons. The maximum atomic E-state index is 13.3. The van der Waals surface area contributed by atoms with Gasteiger partial charge < -0.3 is 5.32 Å². The van der Waals surface area contributed by atoms with Crippen molar-refractivity contribution < 1.29 is 13.2 Å². The Bertz CT molecular complexity index is 1120. The molecule has 0 bridgehead atoms. The lowest BCUT2D eigenvalue weighted by molar-refractivity contribution is -0.119. The largest absolute Gasteiger partial charge is 0.354 e. The molecule has 0 aromatic heterocycles. The minimum atomic E-state index is -3.90. The molecule has 0 saturated heterocycles. The Morgan fingerprint density at radius 2 is 1.62 bits per heavy atom. The van der Waals surface area contributed by atoms with Crippen LogP contribution in [-0.2, 0) is 14.8 Å². The summed E-state index contributed by atoms with van der Waals surface area (Å²) in [5, 5.41) is 2.85. The van der Waals surface area contributed by atoms with Crippen molar-refractivity contribution in [2.75, 3.05) is 23.1 Å². The number of hydrogen-bond donors (Lipinski definition) is 1. The Morgan fingerprint density at radius 3 is 2.28 bits per heavy atom. The molecule has 0 aliphatic heterocycles. The maximum Gasteiger partial charge on any atom is 0.264 e. The van der Waals surface area contributed by atoms with E-state index in [-0.39, 0.29) is 17.3 Å². The van der Waals surface area contributed by atoms with Crippen LogP contribution in [0.3, 0.4) is 0 Å². The summed E-state index contributed by atoms with van der Waals surface area (Å²) in [5.74, 6) is 0.524. The van der Waals surface area contributed by atoms with E-state index in [2.05, 4.69) is 33.4 Å². The summed E-state index contributed by atoms with van der Waals surface area (Å²) < 4.78 is 28.6. The Hall–Kier alpha value is -2.29. The number of rotatable bonds is 10. The van der Waals surface area contributed by atoms with Crippen LogP contribution in [-0.4, -0.2) is 33.2 Å². The van der Waals surface area contributed by atoms with Gasteiger partial charge in [-0.25, -0.2) is 8.42 Å². The van der Waals surface area contributed by atoms with Gasteiger partial charge in [0.2, 0.25) is 5.91 Å². The lowest BCUT2D eigenvalue weighted by Crippen LogP contribution is -2.41. The van der Waals surface area contributed by atoms with E-state index in [9.17, 15) is 13.2 Å². The third-order valence-electron chi connectivity index (χ3n) is 4.67. The molecule has 3 aromatic rings.